The summed E-state index contributed by atoms with van der Waals surface area (Å²) < 4.78 is 1.02. The molecule has 0 heterocycles. The van der Waals surface area contributed by atoms with Crippen LogP contribution in [-0.4, -0.2) is 36.5 Å². The summed E-state index contributed by atoms with van der Waals surface area (Å²) in [5.74, 6) is 0.688. The van der Waals surface area contributed by atoms with Crippen LogP contribution in [0.15, 0.2) is 12.7 Å². The van der Waals surface area contributed by atoms with Crippen molar-refractivity contribution in [3.63, 3.8) is 0 Å². The maximum atomic E-state index is 5.98. The van der Waals surface area contributed by atoms with Crippen molar-refractivity contribution in [3.05, 3.63) is 12.7 Å². The third-order valence-corrected chi connectivity index (χ3v) is 4.12. The quantitative estimate of drug-likeness (QED) is 0.381. The predicted molar refractivity (Wildman–Crippen MR) is 63.7 cm³/mol. The van der Waals surface area contributed by atoms with Crippen molar-refractivity contribution in [2.24, 2.45) is 0 Å². The number of rotatable bonds is 4. The fourth-order valence-corrected chi connectivity index (χ4v) is 3.01. The Balaban J connectivity index is 0.00000196. The molecule has 15 heavy (non-hydrogen) atoms. The summed E-state index contributed by atoms with van der Waals surface area (Å²) in [6, 6.07) is 1.19. The second-order valence-electron chi connectivity index (χ2n) is 4.88. The Labute approximate surface area is 105 Å². The molecule has 0 aromatic heterocycles. The van der Waals surface area contributed by atoms with Crippen LogP contribution in [0.5, 0.6) is 0 Å². The van der Waals surface area contributed by atoms with Gasteiger partial charge in [-0.1, -0.05) is 13.0 Å². The maximum Gasteiger partial charge on any atom is 0.121 e. The van der Waals surface area contributed by atoms with Gasteiger partial charge < -0.3 is 16.9 Å². The summed E-state index contributed by atoms with van der Waals surface area (Å²) in [5.41, 5.74) is 0. The highest BCUT2D eigenvalue weighted by molar-refractivity contribution is 6.18. The van der Waals surface area contributed by atoms with Crippen LogP contribution in [0, 0.1) is 0 Å². The van der Waals surface area contributed by atoms with E-state index in [2.05, 4.69) is 20.7 Å². The van der Waals surface area contributed by atoms with Gasteiger partial charge in [0.25, 0.3) is 0 Å². The van der Waals surface area contributed by atoms with Gasteiger partial charge in [0.1, 0.15) is 6.04 Å². The Bertz CT molecular complexity index is 186. The van der Waals surface area contributed by atoms with E-state index >= 15 is 0 Å². The van der Waals surface area contributed by atoms with E-state index in [1.54, 1.807) is 0 Å². The molecular formula is C12H23Cl2N. The standard InChI is InChI=1S/C12H23ClN.ClH/c1-4-11(10-13)14(2,3)12-8-6-5-7-9-12;/h4,11-12H,1,5-10H2,2-3H3;1H/q+1;/p-1. The summed E-state index contributed by atoms with van der Waals surface area (Å²) in [7, 11) is 4.59. The lowest BCUT2D eigenvalue weighted by Gasteiger charge is -2.44. The molecule has 1 nitrogen and oxygen atoms in total. The second kappa shape index (κ2) is 6.78. The zero-order valence-corrected chi connectivity index (χ0v) is 11.4. The van der Waals surface area contributed by atoms with Crippen molar-refractivity contribution in [1.29, 1.82) is 0 Å². The molecule has 0 N–H and O–H groups in total. The Hall–Kier alpha value is 0.280. The first kappa shape index (κ1) is 15.3. The molecule has 0 aromatic rings. The molecule has 1 saturated carbocycles. The van der Waals surface area contributed by atoms with Gasteiger partial charge in [-0.3, -0.25) is 0 Å². The number of hydrogen-bond acceptors (Lipinski definition) is 0. The number of hydrogen-bond donors (Lipinski definition) is 0. The van der Waals surface area contributed by atoms with E-state index in [0.717, 1.165) is 10.5 Å². The van der Waals surface area contributed by atoms with Gasteiger partial charge in [-0.15, -0.1) is 11.6 Å². The first-order valence-corrected chi connectivity index (χ1v) is 6.18. The van der Waals surface area contributed by atoms with Gasteiger partial charge in [0.05, 0.1) is 26.0 Å². The summed E-state index contributed by atoms with van der Waals surface area (Å²) in [6.45, 7) is 3.89. The molecule has 0 spiro atoms. The molecule has 1 atom stereocenters. The highest BCUT2D eigenvalue weighted by Gasteiger charge is 2.34. The van der Waals surface area contributed by atoms with Crippen LogP contribution in [0.1, 0.15) is 32.1 Å². The van der Waals surface area contributed by atoms with E-state index in [1.165, 1.54) is 32.1 Å². The van der Waals surface area contributed by atoms with E-state index in [9.17, 15) is 0 Å². The lowest BCUT2D eigenvalue weighted by molar-refractivity contribution is -0.931. The molecule has 0 aliphatic heterocycles. The zero-order chi connectivity index (χ0) is 10.6. The highest BCUT2D eigenvalue weighted by atomic mass is 35.5. The largest absolute Gasteiger partial charge is 1.00 e. The zero-order valence-electron chi connectivity index (χ0n) is 9.88. The van der Waals surface area contributed by atoms with E-state index < -0.39 is 0 Å². The minimum atomic E-state index is 0. The van der Waals surface area contributed by atoms with Crippen LogP contribution in [0.3, 0.4) is 0 Å². The molecule has 1 fully saturated rings. The number of likely N-dealkylation sites (N-methyl/N-ethyl adjacent to an activating group) is 1. The Morgan fingerprint density at radius 2 is 1.87 bits per heavy atom. The summed E-state index contributed by atoms with van der Waals surface area (Å²) in [5, 5.41) is 0. The smallest absolute Gasteiger partial charge is 0.121 e. The average Bonchev–Trinajstić information content (AvgIpc) is 2.20. The molecule has 0 aromatic carbocycles. The van der Waals surface area contributed by atoms with Crippen LogP contribution >= 0.6 is 11.6 Å². The van der Waals surface area contributed by atoms with Gasteiger partial charge in [0.2, 0.25) is 0 Å². The first-order chi connectivity index (χ1) is 6.62. The van der Waals surface area contributed by atoms with Crippen LogP contribution in [0.25, 0.3) is 0 Å². The molecular weight excluding hydrogens is 229 g/mol. The van der Waals surface area contributed by atoms with E-state index in [0.29, 0.717) is 11.9 Å². The summed E-state index contributed by atoms with van der Waals surface area (Å²) in [6.07, 6.45) is 8.91. The van der Waals surface area contributed by atoms with Gasteiger partial charge in [-0.05, 0) is 31.8 Å². The molecule has 1 aliphatic rings. The van der Waals surface area contributed by atoms with E-state index in [4.69, 9.17) is 11.6 Å². The summed E-state index contributed by atoms with van der Waals surface area (Å²) in [4.78, 5) is 0. The molecule has 1 aliphatic carbocycles. The monoisotopic (exact) mass is 251 g/mol. The summed E-state index contributed by atoms with van der Waals surface area (Å²) >= 11 is 5.98. The van der Waals surface area contributed by atoms with Gasteiger partial charge in [0.15, 0.2) is 0 Å². The topological polar surface area (TPSA) is 0 Å². The van der Waals surface area contributed by atoms with Crippen molar-refractivity contribution in [3.8, 4) is 0 Å². The van der Waals surface area contributed by atoms with Crippen LogP contribution in [0.4, 0.5) is 0 Å². The van der Waals surface area contributed by atoms with Crippen molar-refractivity contribution >= 4 is 11.6 Å². The van der Waals surface area contributed by atoms with Gasteiger partial charge in [0, 0.05) is 0 Å². The minimum absolute atomic E-state index is 0. The molecule has 90 valence electrons. The average molecular weight is 252 g/mol. The Morgan fingerprint density at radius 3 is 2.27 bits per heavy atom. The van der Waals surface area contributed by atoms with Crippen LogP contribution < -0.4 is 12.4 Å². The molecule has 0 radical (unpaired) electrons. The molecule has 1 unspecified atom stereocenters. The van der Waals surface area contributed by atoms with Gasteiger partial charge in [-0.2, -0.15) is 0 Å². The number of halogens is 2. The van der Waals surface area contributed by atoms with E-state index in [1.807, 2.05) is 6.08 Å². The molecule has 0 saturated heterocycles. The van der Waals surface area contributed by atoms with Crippen LogP contribution in [0.2, 0.25) is 0 Å². The normalized spacial score (nSPS) is 20.5. The molecule has 3 heteroatoms. The number of nitrogens with zero attached hydrogens (tertiary/aromatic N) is 1. The Morgan fingerprint density at radius 1 is 1.33 bits per heavy atom. The highest BCUT2D eigenvalue weighted by Crippen LogP contribution is 2.28. The predicted octanol–water partition coefficient (Wildman–Crippen LogP) is 0.193. The fourth-order valence-electron chi connectivity index (χ4n) is 2.53. The molecule has 0 amide bonds. The second-order valence-corrected chi connectivity index (χ2v) is 5.19. The van der Waals surface area contributed by atoms with Gasteiger partial charge >= 0.3 is 0 Å². The third kappa shape index (κ3) is 3.65. The molecule has 0 bridgehead atoms. The maximum absolute atomic E-state index is 5.98. The number of alkyl halides is 1. The van der Waals surface area contributed by atoms with Crippen molar-refractivity contribution < 1.29 is 16.9 Å². The van der Waals surface area contributed by atoms with Crippen molar-refractivity contribution in [1.82, 2.24) is 0 Å². The van der Waals surface area contributed by atoms with E-state index in [-0.39, 0.29) is 12.4 Å². The van der Waals surface area contributed by atoms with Crippen LogP contribution in [-0.2, 0) is 0 Å². The fraction of sp³-hybridized carbons (Fsp3) is 0.833. The minimum Gasteiger partial charge on any atom is -1.00 e. The van der Waals surface area contributed by atoms with Gasteiger partial charge in [-0.25, -0.2) is 0 Å². The lowest BCUT2D eigenvalue weighted by atomic mass is 9.92. The van der Waals surface area contributed by atoms with Crippen molar-refractivity contribution in [2.75, 3.05) is 20.0 Å². The molecule has 1 rings (SSSR count). The number of quaternary nitrogens is 1. The Kier molecular flexibility index (Phi) is 6.90. The first-order valence-electron chi connectivity index (χ1n) is 5.64. The SMILES string of the molecule is C=CC(CCl)[N+](C)(C)C1CCCCC1.[Cl-]. The van der Waals surface area contributed by atoms with Crippen molar-refractivity contribution in [2.45, 2.75) is 44.2 Å². The third-order valence-electron chi connectivity index (χ3n) is 3.80. The lowest BCUT2D eigenvalue weighted by Crippen LogP contribution is -3.00.